The van der Waals surface area contributed by atoms with Crippen LogP contribution in [0.4, 0.5) is 0 Å². The van der Waals surface area contributed by atoms with Crippen LogP contribution in [0.15, 0.2) is 42.5 Å². The molecule has 0 radical (unpaired) electrons. The highest BCUT2D eigenvalue weighted by atomic mass is 79.9. The first-order valence-electron chi connectivity index (χ1n) is 6.18. The van der Waals surface area contributed by atoms with Crippen molar-refractivity contribution in [3.63, 3.8) is 0 Å². The normalized spacial score (nSPS) is 37.7. The molecule has 0 aromatic heterocycles. The first kappa shape index (κ1) is 18.2. The van der Waals surface area contributed by atoms with Gasteiger partial charge in [0.2, 0.25) is 11.8 Å². The third kappa shape index (κ3) is 2.25. The SMILES string of the molecule is NC(=O)C1(Br)C=CC(Br)C(Br)(c2ccccc2)C1(Br)C(N)=O. The van der Waals surface area contributed by atoms with Gasteiger partial charge in [-0.15, -0.1) is 0 Å². The van der Waals surface area contributed by atoms with Crippen LogP contribution < -0.4 is 11.5 Å². The minimum atomic E-state index is -1.54. The van der Waals surface area contributed by atoms with Crippen LogP contribution in [0, 0.1) is 0 Å². The topological polar surface area (TPSA) is 86.2 Å². The average molecular weight is 560 g/mol. The number of carbonyl (C=O) groups is 2. The Morgan fingerprint density at radius 1 is 1.00 bits per heavy atom. The number of primary amides is 2. The van der Waals surface area contributed by atoms with E-state index in [1.807, 2.05) is 30.3 Å². The molecule has 1 aliphatic rings. The molecule has 0 bridgehead atoms. The van der Waals surface area contributed by atoms with Gasteiger partial charge in [-0.05, 0) is 5.56 Å². The minimum absolute atomic E-state index is 0.320. The summed E-state index contributed by atoms with van der Waals surface area (Å²) >= 11 is 14.0. The van der Waals surface area contributed by atoms with Gasteiger partial charge >= 0.3 is 0 Å². The fourth-order valence-corrected chi connectivity index (χ4v) is 6.29. The fraction of sp³-hybridized carbons (Fsp3) is 0.286. The molecule has 4 atom stereocenters. The summed E-state index contributed by atoms with van der Waals surface area (Å²) in [7, 11) is 0. The summed E-state index contributed by atoms with van der Waals surface area (Å²) < 4.78 is -4.07. The third-order valence-corrected chi connectivity index (χ3v) is 10.9. The Labute approximate surface area is 161 Å². The molecule has 0 saturated carbocycles. The van der Waals surface area contributed by atoms with Crippen LogP contribution in [-0.2, 0) is 13.9 Å². The van der Waals surface area contributed by atoms with Crippen molar-refractivity contribution in [1.29, 1.82) is 0 Å². The summed E-state index contributed by atoms with van der Waals surface area (Å²) in [5, 5.41) is 0. The summed E-state index contributed by atoms with van der Waals surface area (Å²) in [5.41, 5.74) is 12.0. The molecule has 0 heterocycles. The molecular weight excluding hydrogens is 548 g/mol. The van der Waals surface area contributed by atoms with Crippen LogP contribution in [0.2, 0.25) is 0 Å². The number of amides is 2. The number of hydrogen-bond acceptors (Lipinski definition) is 2. The molecule has 1 aliphatic carbocycles. The average Bonchev–Trinajstić information content (AvgIpc) is 2.49. The second-order valence-corrected chi connectivity index (χ2v) is 9.62. The number of carbonyl (C=O) groups excluding carboxylic acids is 2. The molecule has 2 amide bonds. The lowest BCUT2D eigenvalue weighted by atomic mass is 9.71. The number of benzene rings is 1. The predicted octanol–water partition coefficient (Wildman–Crippen LogP) is 2.85. The van der Waals surface area contributed by atoms with Crippen LogP contribution in [0.25, 0.3) is 0 Å². The highest BCUT2D eigenvalue weighted by Gasteiger charge is 2.70. The lowest BCUT2D eigenvalue weighted by molar-refractivity contribution is -0.127. The maximum absolute atomic E-state index is 12.4. The zero-order valence-corrected chi connectivity index (χ0v) is 17.4. The molecule has 8 heteroatoms. The fourth-order valence-electron chi connectivity index (χ4n) is 2.57. The lowest BCUT2D eigenvalue weighted by Gasteiger charge is -2.52. The van der Waals surface area contributed by atoms with Gasteiger partial charge in [-0.25, -0.2) is 0 Å². The van der Waals surface area contributed by atoms with E-state index in [0.29, 0.717) is 0 Å². The Morgan fingerprint density at radius 3 is 2.00 bits per heavy atom. The van der Waals surface area contributed by atoms with Crippen molar-refractivity contribution in [3.05, 3.63) is 48.0 Å². The Kier molecular flexibility index (Phi) is 4.98. The van der Waals surface area contributed by atoms with Crippen molar-refractivity contribution in [3.8, 4) is 0 Å². The summed E-state index contributed by atoms with van der Waals surface area (Å²) in [6.45, 7) is 0. The molecule has 0 aliphatic heterocycles. The Bertz CT molecular complexity index is 654. The number of allylic oxidation sites excluding steroid dienone is 1. The van der Waals surface area contributed by atoms with Crippen molar-refractivity contribution >= 4 is 75.5 Å². The van der Waals surface area contributed by atoms with E-state index in [4.69, 9.17) is 11.5 Å². The quantitative estimate of drug-likeness (QED) is 0.441. The highest BCUT2D eigenvalue weighted by Crippen LogP contribution is 2.61. The highest BCUT2D eigenvalue weighted by molar-refractivity contribution is 9.15. The molecule has 118 valence electrons. The Morgan fingerprint density at radius 2 is 1.55 bits per heavy atom. The zero-order valence-electron chi connectivity index (χ0n) is 11.1. The number of hydrogen-bond donors (Lipinski definition) is 2. The minimum Gasteiger partial charge on any atom is -0.368 e. The molecule has 2 rings (SSSR count). The summed E-state index contributed by atoms with van der Waals surface area (Å²) in [5.74, 6) is -1.45. The van der Waals surface area contributed by atoms with Gasteiger partial charge in [-0.1, -0.05) is 106 Å². The van der Waals surface area contributed by atoms with Gasteiger partial charge in [-0.2, -0.15) is 0 Å². The molecular formula is C14H12Br4N2O2. The summed E-state index contributed by atoms with van der Waals surface area (Å²) in [6, 6.07) is 9.22. The molecule has 1 aromatic rings. The Hall–Kier alpha value is -0.180. The van der Waals surface area contributed by atoms with Gasteiger partial charge in [-0.3, -0.25) is 9.59 Å². The molecule has 4 N–H and O–H groups in total. The monoisotopic (exact) mass is 556 g/mol. The van der Waals surface area contributed by atoms with E-state index in [2.05, 4.69) is 63.7 Å². The molecule has 4 unspecified atom stereocenters. The predicted molar refractivity (Wildman–Crippen MR) is 101 cm³/mol. The smallest absolute Gasteiger partial charge is 0.240 e. The van der Waals surface area contributed by atoms with E-state index >= 15 is 0 Å². The molecule has 1 aromatic carbocycles. The van der Waals surface area contributed by atoms with Gasteiger partial charge < -0.3 is 11.5 Å². The number of nitrogens with two attached hydrogens (primary N) is 2. The van der Waals surface area contributed by atoms with E-state index < -0.39 is 24.8 Å². The van der Waals surface area contributed by atoms with Gasteiger partial charge in [0.1, 0.15) is 4.32 Å². The largest absolute Gasteiger partial charge is 0.368 e. The van der Waals surface area contributed by atoms with E-state index in [9.17, 15) is 9.59 Å². The molecule has 22 heavy (non-hydrogen) atoms. The van der Waals surface area contributed by atoms with Crippen LogP contribution in [-0.4, -0.2) is 25.3 Å². The maximum Gasteiger partial charge on any atom is 0.240 e. The van der Waals surface area contributed by atoms with Crippen molar-refractivity contribution in [2.45, 2.75) is 17.8 Å². The molecule has 0 spiro atoms. The van der Waals surface area contributed by atoms with Crippen LogP contribution in [0.5, 0.6) is 0 Å². The molecule has 0 saturated heterocycles. The second-order valence-electron chi connectivity index (χ2n) is 4.94. The van der Waals surface area contributed by atoms with E-state index in [1.165, 1.54) is 6.08 Å². The van der Waals surface area contributed by atoms with Gasteiger partial charge in [0.15, 0.2) is 4.32 Å². The zero-order chi connectivity index (χ0) is 16.8. The number of halogens is 4. The van der Waals surface area contributed by atoms with Crippen LogP contribution in [0.3, 0.4) is 0 Å². The standard InChI is InChI=1S/C14H12Br4N2O2/c15-9-6-7-12(16,10(19)21)14(18,11(20)22)13(9,17)8-4-2-1-3-5-8/h1-7,9H,(H2,19,21)(H2,20,22). The van der Waals surface area contributed by atoms with Gasteiger partial charge in [0.25, 0.3) is 0 Å². The maximum atomic E-state index is 12.4. The van der Waals surface area contributed by atoms with Crippen molar-refractivity contribution in [1.82, 2.24) is 0 Å². The third-order valence-electron chi connectivity index (χ3n) is 3.77. The second kappa shape index (κ2) is 6.03. The van der Waals surface area contributed by atoms with Crippen LogP contribution >= 0.6 is 63.7 Å². The van der Waals surface area contributed by atoms with Gasteiger partial charge in [0, 0.05) is 0 Å². The van der Waals surface area contributed by atoms with E-state index in [1.54, 1.807) is 6.08 Å². The first-order chi connectivity index (χ1) is 10.1. The molecule has 0 fully saturated rings. The lowest BCUT2D eigenvalue weighted by Crippen LogP contribution is -2.70. The molecule has 4 nitrogen and oxygen atoms in total. The van der Waals surface area contributed by atoms with Gasteiger partial charge in [0.05, 0.1) is 9.15 Å². The Balaban J connectivity index is 2.84. The van der Waals surface area contributed by atoms with E-state index in [-0.39, 0.29) is 4.83 Å². The van der Waals surface area contributed by atoms with Crippen molar-refractivity contribution in [2.24, 2.45) is 11.5 Å². The van der Waals surface area contributed by atoms with Crippen LogP contribution in [0.1, 0.15) is 5.56 Å². The summed E-state index contributed by atoms with van der Waals surface area (Å²) in [6.07, 6.45) is 3.29. The van der Waals surface area contributed by atoms with Crippen molar-refractivity contribution in [2.75, 3.05) is 0 Å². The van der Waals surface area contributed by atoms with E-state index in [0.717, 1.165) is 5.56 Å². The number of alkyl halides is 4. The summed E-state index contributed by atoms with van der Waals surface area (Å²) in [4.78, 5) is 24.1. The van der Waals surface area contributed by atoms with Crippen molar-refractivity contribution < 1.29 is 9.59 Å². The number of rotatable bonds is 3. The first-order valence-corrected chi connectivity index (χ1v) is 9.47.